The molecule has 0 saturated carbocycles. The van der Waals surface area contributed by atoms with Crippen molar-refractivity contribution in [1.29, 1.82) is 0 Å². The van der Waals surface area contributed by atoms with Gasteiger partial charge in [-0.05, 0) is 18.2 Å². The maximum absolute atomic E-state index is 11.8. The van der Waals surface area contributed by atoms with Crippen LogP contribution in [0.2, 0.25) is 0 Å². The molecule has 72 valence electrons. The number of hydrogen-bond donors (Lipinski definition) is 1. The second kappa shape index (κ2) is 3.49. The van der Waals surface area contributed by atoms with Gasteiger partial charge >= 0.3 is 0 Å². The van der Waals surface area contributed by atoms with Gasteiger partial charge in [0.1, 0.15) is 5.75 Å². The van der Waals surface area contributed by atoms with Crippen LogP contribution in [0.4, 0.5) is 4.39 Å². The summed E-state index contributed by atoms with van der Waals surface area (Å²) in [6.07, 6.45) is 0. The molecule has 0 aliphatic carbocycles. The van der Waals surface area contributed by atoms with Crippen LogP contribution in [-0.2, 0) is 0 Å². The molecule has 0 amide bonds. The molecule has 1 aromatic heterocycles. The van der Waals surface area contributed by atoms with E-state index in [4.69, 9.17) is 0 Å². The Balaban J connectivity index is 2.52. The molecule has 0 atom stereocenters. The highest BCUT2D eigenvalue weighted by Gasteiger charge is 1.99. The molecular weight excluding hydrogens is 185 g/mol. The smallest absolute Gasteiger partial charge is 0.230 e. The third-order valence-corrected chi connectivity index (χ3v) is 1.85. The Morgan fingerprint density at radius 3 is 2.86 bits per heavy atom. The Labute approximate surface area is 79.8 Å². The standard InChI is InChI=1S/C10H8FNO2/c11-6-14-10-4-2-7-1-3-8(13)5-9(7)12-10/h1-5,13H,6H2. The summed E-state index contributed by atoms with van der Waals surface area (Å²) in [7, 11) is 0. The molecule has 0 radical (unpaired) electrons. The first-order valence-electron chi connectivity index (χ1n) is 4.08. The van der Waals surface area contributed by atoms with E-state index >= 15 is 0 Å². The van der Waals surface area contributed by atoms with E-state index in [0.717, 1.165) is 5.39 Å². The number of hydrogen-bond acceptors (Lipinski definition) is 3. The van der Waals surface area contributed by atoms with E-state index in [9.17, 15) is 9.50 Å². The predicted molar refractivity (Wildman–Crippen MR) is 50.0 cm³/mol. The number of aromatic nitrogens is 1. The fourth-order valence-electron chi connectivity index (χ4n) is 1.22. The first-order valence-corrected chi connectivity index (χ1v) is 4.08. The lowest BCUT2D eigenvalue weighted by Crippen LogP contribution is -1.92. The number of benzene rings is 1. The molecule has 0 spiro atoms. The van der Waals surface area contributed by atoms with E-state index in [1.807, 2.05) is 0 Å². The molecule has 0 fully saturated rings. The zero-order chi connectivity index (χ0) is 9.97. The average Bonchev–Trinajstić information content (AvgIpc) is 2.17. The summed E-state index contributed by atoms with van der Waals surface area (Å²) < 4.78 is 16.4. The summed E-state index contributed by atoms with van der Waals surface area (Å²) in [5.41, 5.74) is 0.580. The van der Waals surface area contributed by atoms with Gasteiger partial charge in [0, 0.05) is 17.5 Å². The van der Waals surface area contributed by atoms with E-state index in [0.29, 0.717) is 5.52 Å². The van der Waals surface area contributed by atoms with Crippen molar-refractivity contribution in [3.05, 3.63) is 30.3 Å². The molecule has 0 aliphatic heterocycles. The van der Waals surface area contributed by atoms with Crippen LogP contribution in [0.25, 0.3) is 10.9 Å². The molecule has 0 unspecified atom stereocenters. The predicted octanol–water partition coefficient (Wildman–Crippen LogP) is 2.25. The number of ether oxygens (including phenoxy) is 1. The lowest BCUT2D eigenvalue weighted by atomic mass is 10.2. The van der Waals surface area contributed by atoms with Gasteiger partial charge in [0.2, 0.25) is 12.7 Å². The zero-order valence-corrected chi connectivity index (χ0v) is 7.27. The van der Waals surface area contributed by atoms with Crippen LogP contribution in [-0.4, -0.2) is 17.0 Å². The Kier molecular flexibility index (Phi) is 2.18. The SMILES string of the molecule is Oc1ccc2ccc(OCF)nc2c1. The lowest BCUT2D eigenvalue weighted by molar-refractivity contribution is 0.185. The van der Waals surface area contributed by atoms with E-state index in [1.165, 1.54) is 6.07 Å². The largest absolute Gasteiger partial charge is 0.508 e. The number of nitrogens with zero attached hydrogens (tertiary/aromatic N) is 1. The average molecular weight is 193 g/mol. The van der Waals surface area contributed by atoms with Crippen molar-refractivity contribution in [2.45, 2.75) is 0 Å². The van der Waals surface area contributed by atoms with Gasteiger partial charge < -0.3 is 9.84 Å². The van der Waals surface area contributed by atoms with Crippen molar-refractivity contribution in [2.24, 2.45) is 0 Å². The minimum absolute atomic E-state index is 0.127. The van der Waals surface area contributed by atoms with Crippen LogP contribution >= 0.6 is 0 Å². The van der Waals surface area contributed by atoms with Crippen molar-refractivity contribution >= 4 is 10.9 Å². The second-order valence-corrected chi connectivity index (χ2v) is 2.78. The Bertz CT molecular complexity index is 459. The van der Waals surface area contributed by atoms with Crippen LogP contribution in [0, 0.1) is 0 Å². The molecule has 0 saturated heterocycles. The highest BCUT2D eigenvalue weighted by molar-refractivity contribution is 5.80. The van der Waals surface area contributed by atoms with Gasteiger partial charge in [0.25, 0.3) is 0 Å². The second-order valence-electron chi connectivity index (χ2n) is 2.78. The van der Waals surface area contributed by atoms with Crippen LogP contribution in [0.3, 0.4) is 0 Å². The van der Waals surface area contributed by atoms with Gasteiger partial charge in [-0.3, -0.25) is 0 Å². The van der Waals surface area contributed by atoms with Gasteiger partial charge in [-0.15, -0.1) is 0 Å². The molecule has 0 bridgehead atoms. The lowest BCUT2D eigenvalue weighted by Gasteiger charge is -2.02. The number of phenolic OH excluding ortho intramolecular Hbond substituents is 1. The third kappa shape index (κ3) is 1.59. The van der Waals surface area contributed by atoms with Gasteiger partial charge in [-0.25, -0.2) is 9.37 Å². The number of rotatable bonds is 2. The minimum atomic E-state index is -0.905. The van der Waals surface area contributed by atoms with Crippen LogP contribution in [0.15, 0.2) is 30.3 Å². The molecular formula is C10H8FNO2. The van der Waals surface area contributed by atoms with Gasteiger partial charge in [0.05, 0.1) is 5.52 Å². The van der Waals surface area contributed by atoms with Crippen molar-refractivity contribution in [3.63, 3.8) is 0 Å². The highest BCUT2D eigenvalue weighted by atomic mass is 19.1. The number of halogens is 1. The quantitative estimate of drug-likeness (QED) is 0.795. The van der Waals surface area contributed by atoms with Crippen LogP contribution in [0.1, 0.15) is 0 Å². The topological polar surface area (TPSA) is 42.4 Å². The maximum Gasteiger partial charge on any atom is 0.230 e. The number of aromatic hydroxyl groups is 1. The molecule has 4 heteroatoms. The summed E-state index contributed by atoms with van der Waals surface area (Å²) in [6, 6.07) is 8.14. The van der Waals surface area contributed by atoms with Crippen molar-refractivity contribution in [3.8, 4) is 11.6 Å². The Hall–Kier alpha value is -1.84. The van der Waals surface area contributed by atoms with Crippen LogP contribution in [0.5, 0.6) is 11.6 Å². The molecule has 2 aromatic rings. The molecule has 3 nitrogen and oxygen atoms in total. The molecule has 1 N–H and O–H groups in total. The van der Waals surface area contributed by atoms with Gasteiger partial charge in [0.15, 0.2) is 0 Å². The summed E-state index contributed by atoms with van der Waals surface area (Å²) in [5.74, 6) is 0.341. The Morgan fingerprint density at radius 2 is 2.07 bits per heavy atom. The molecule has 2 rings (SSSR count). The molecule has 1 heterocycles. The summed E-state index contributed by atoms with van der Waals surface area (Å²) >= 11 is 0. The van der Waals surface area contributed by atoms with E-state index in [2.05, 4.69) is 9.72 Å². The minimum Gasteiger partial charge on any atom is -0.508 e. The highest BCUT2D eigenvalue weighted by Crippen LogP contribution is 2.20. The Morgan fingerprint density at radius 1 is 1.29 bits per heavy atom. The van der Waals surface area contributed by atoms with Crippen molar-refractivity contribution in [1.82, 2.24) is 4.98 Å². The normalized spacial score (nSPS) is 10.4. The van der Waals surface area contributed by atoms with Crippen molar-refractivity contribution in [2.75, 3.05) is 6.86 Å². The summed E-state index contributed by atoms with van der Waals surface area (Å²) in [5, 5.41) is 10.1. The monoisotopic (exact) mass is 193 g/mol. The molecule has 14 heavy (non-hydrogen) atoms. The fourth-order valence-corrected chi connectivity index (χ4v) is 1.22. The first kappa shape index (κ1) is 8.74. The van der Waals surface area contributed by atoms with E-state index < -0.39 is 6.86 Å². The zero-order valence-electron chi connectivity index (χ0n) is 7.27. The number of phenols is 1. The third-order valence-electron chi connectivity index (χ3n) is 1.85. The molecule has 1 aromatic carbocycles. The van der Waals surface area contributed by atoms with Gasteiger partial charge in [-0.2, -0.15) is 0 Å². The fraction of sp³-hybridized carbons (Fsp3) is 0.100. The first-order chi connectivity index (χ1) is 6.79. The van der Waals surface area contributed by atoms with Gasteiger partial charge in [-0.1, -0.05) is 0 Å². The number of fused-ring (bicyclic) bond motifs is 1. The van der Waals surface area contributed by atoms with E-state index in [-0.39, 0.29) is 11.6 Å². The van der Waals surface area contributed by atoms with Crippen LogP contribution < -0.4 is 4.74 Å². The van der Waals surface area contributed by atoms with E-state index in [1.54, 1.807) is 24.3 Å². The van der Waals surface area contributed by atoms with Crippen molar-refractivity contribution < 1.29 is 14.2 Å². The number of alkyl halides is 1. The summed E-state index contributed by atoms with van der Waals surface area (Å²) in [6.45, 7) is -0.905. The summed E-state index contributed by atoms with van der Waals surface area (Å²) in [4.78, 5) is 4.00. The number of pyridine rings is 1. The molecule has 0 aliphatic rings. The maximum atomic E-state index is 11.8.